The zero-order valence-electron chi connectivity index (χ0n) is 16.2. The lowest BCUT2D eigenvalue weighted by molar-refractivity contribution is -0.496. The number of carbonyl (C=O) groups is 1. The van der Waals surface area contributed by atoms with E-state index in [2.05, 4.69) is 25.2 Å². The largest absolute Gasteiger partial charge is 0.303 e. The van der Waals surface area contributed by atoms with Crippen molar-refractivity contribution < 1.29 is 9.72 Å². The summed E-state index contributed by atoms with van der Waals surface area (Å²) in [6.07, 6.45) is 27.3. The molecule has 0 spiro atoms. The molecule has 0 heterocycles. The summed E-state index contributed by atoms with van der Waals surface area (Å²) in [5, 5.41) is 11.1. The fraction of sp³-hybridized carbons (Fsp3) is 0.591. The van der Waals surface area contributed by atoms with Gasteiger partial charge in [0.1, 0.15) is 6.29 Å². The maximum absolute atomic E-state index is 11.1. The number of hydrogen-bond acceptors (Lipinski definition) is 3. The van der Waals surface area contributed by atoms with Crippen molar-refractivity contribution in [1.29, 1.82) is 0 Å². The second-order valence-corrected chi connectivity index (χ2v) is 6.35. The Bertz CT molecular complexity index is 464. The van der Waals surface area contributed by atoms with Gasteiger partial charge in [-0.15, -0.1) is 0 Å². The van der Waals surface area contributed by atoms with E-state index >= 15 is 0 Å². The Balaban J connectivity index is 3.96. The number of rotatable bonds is 17. The molecular weight excluding hydrogens is 326 g/mol. The van der Waals surface area contributed by atoms with Gasteiger partial charge in [0.2, 0.25) is 6.04 Å². The van der Waals surface area contributed by atoms with Gasteiger partial charge in [0.25, 0.3) is 0 Å². The molecule has 0 bridgehead atoms. The van der Waals surface area contributed by atoms with E-state index in [-0.39, 0.29) is 4.92 Å². The van der Waals surface area contributed by atoms with Gasteiger partial charge in [-0.05, 0) is 57.1 Å². The third-order valence-corrected chi connectivity index (χ3v) is 3.95. The minimum Gasteiger partial charge on any atom is -0.303 e. The fourth-order valence-electron chi connectivity index (χ4n) is 2.40. The Labute approximate surface area is 158 Å². The molecule has 0 saturated heterocycles. The zero-order chi connectivity index (χ0) is 19.3. The van der Waals surface area contributed by atoms with Crippen LogP contribution in [0.2, 0.25) is 0 Å². The minimum absolute atomic E-state index is 0.269. The molecule has 0 aromatic carbocycles. The van der Waals surface area contributed by atoms with Gasteiger partial charge in [-0.3, -0.25) is 10.1 Å². The van der Waals surface area contributed by atoms with E-state index in [4.69, 9.17) is 0 Å². The van der Waals surface area contributed by atoms with Crippen molar-refractivity contribution in [2.45, 2.75) is 83.6 Å². The van der Waals surface area contributed by atoms with E-state index in [9.17, 15) is 14.9 Å². The van der Waals surface area contributed by atoms with Crippen molar-refractivity contribution in [3.8, 4) is 0 Å². The molecule has 146 valence electrons. The first kappa shape index (κ1) is 24.0. The molecule has 0 N–H and O–H groups in total. The number of aldehydes is 1. The van der Waals surface area contributed by atoms with Crippen LogP contribution >= 0.6 is 0 Å². The van der Waals surface area contributed by atoms with Gasteiger partial charge >= 0.3 is 0 Å². The van der Waals surface area contributed by atoms with Crippen LogP contribution in [0, 0.1) is 10.1 Å². The number of unbranched alkanes of at least 4 members (excludes halogenated alkanes) is 7. The van der Waals surface area contributed by atoms with E-state index in [1.807, 2.05) is 18.2 Å². The first-order valence-corrected chi connectivity index (χ1v) is 9.92. The molecule has 4 heteroatoms. The van der Waals surface area contributed by atoms with E-state index in [1.165, 1.54) is 19.3 Å². The van der Waals surface area contributed by atoms with Crippen LogP contribution in [0.1, 0.15) is 77.6 Å². The van der Waals surface area contributed by atoms with Crippen molar-refractivity contribution in [3.05, 3.63) is 58.7 Å². The monoisotopic (exact) mass is 361 g/mol. The molecule has 0 aliphatic carbocycles. The molecule has 0 radical (unpaired) electrons. The van der Waals surface area contributed by atoms with E-state index in [1.54, 1.807) is 12.2 Å². The number of nitro groups is 1. The second kappa shape index (κ2) is 19.4. The maximum Gasteiger partial charge on any atom is 0.249 e. The Morgan fingerprint density at radius 2 is 1.31 bits per heavy atom. The van der Waals surface area contributed by atoms with Crippen molar-refractivity contribution in [1.82, 2.24) is 0 Å². The molecule has 0 aromatic heterocycles. The predicted molar refractivity (Wildman–Crippen MR) is 110 cm³/mol. The number of carbonyl (C=O) groups excluding carboxylic acids is 1. The number of hydrogen-bond donors (Lipinski definition) is 0. The van der Waals surface area contributed by atoms with Crippen LogP contribution in [0.25, 0.3) is 0 Å². The molecule has 0 amide bonds. The van der Waals surface area contributed by atoms with Crippen LogP contribution in [0.5, 0.6) is 0 Å². The summed E-state index contributed by atoms with van der Waals surface area (Å²) >= 11 is 0. The molecule has 0 aliphatic heterocycles. The van der Waals surface area contributed by atoms with Crippen LogP contribution in [-0.4, -0.2) is 17.3 Å². The van der Waals surface area contributed by atoms with Gasteiger partial charge in [0.15, 0.2) is 0 Å². The quantitative estimate of drug-likeness (QED) is 0.0994. The Hall–Kier alpha value is -1.97. The molecule has 26 heavy (non-hydrogen) atoms. The van der Waals surface area contributed by atoms with Crippen molar-refractivity contribution in [2.24, 2.45) is 0 Å². The van der Waals surface area contributed by atoms with Gasteiger partial charge in [-0.25, -0.2) is 0 Å². The average molecular weight is 362 g/mol. The van der Waals surface area contributed by atoms with Crippen molar-refractivity contribution in [3.63, 3.8) is 0 Å². The van der Waals surface area contributed by atoms with Crippen LogP contribution in [0.15, 0.2) is 48.6 Å². The fourth-order valence-corrected chi connectivity index (χ4v) is 2.40. The molecular formula is C22H35NO3. The molecule has 0 aromatic rings. The van der Waals surface area contributed by atoms with Crippen LogP contribution in [0.4, 0.5) is 0 Å². The van der Waals surface area contributed by atoms with Gasteiger partial charge in [0, 0.05) is 11.3 Å². The Morgan fingerprint density at radius 1 is 0.769 bits per heavy atom. The maximum atomic E-state index is 11.1. The molecule has 1 atom stereocenters. The molecule has 1 unspecified atom stereocenters. The van der Waals surface area contributed by atoms with Gasteiger partial charge in [0.05, 0.1) is 0 Å². The van der Waals surface area contributed by atoms with E-state index < -0.39 is 6.04 Å². The third-order valence-electron chi connectivity index (χ3n) is 3.95. The predicted octanol–water partition coefficient (Wildman–Crippen LogP) is 6.37. The summed E-state index contributed by atoms with van der Waals surface area (Å²) in [5.74, 6) is 0. The lowest BCUT2D eigenvalue weighted by atomic mass is 10.1. The highest BCUT2D eigenvalue weighted by molar-refractivity contribution is 5.48. The van der Waals surface area contributed by atoms with E-state index in [0.29, 0.717) is 12.8 Å². The summed E-state index contributed by atoms with van der Waals surface area (Å²) in [6.45, 7) is 2.19. The van der Waals surface area contributed by atoms with Crippen LogP contribution in [-0.2, 0) is 4.79 Å². The number of nitrogens with zero attached hydrogens (tertiary/aromatic N) is 1. The van der Waals surface area contributed by atoms with E-state index in [0.717, 1.165) is 44.8 Å². The summed E-state index contributed by atoms with van der Waals surface area (Å²) in [6, 6.07) is -0.750. The average Bonchev–Trinajstić information content (AvgIpc) is 2.63. The first-order chi connectivity index (χ1) is 12.7. The summed E-state index contributed by atoms with van der Waals surface area (Å²) in [5.41, 5.74) is 0. The third kappa shape index (κ3) is 16.9. The first-order valence-electron chi connectivity index (χ1n) is 9.92. The van der Waals surface area contributed by atoms with Crippen molar-refractivity contribution >= 4 is 6.29 Å². The Morgan fingerprint density at radius 3 is 1.81 bits per heavy atom. The smallest absolute Gasteiger partial charge is 0.249 e. The highest BCUT2D eigenvalue weighted by Gasteiger charge is 2.09. The highest BCUT2D eigenvalue weighted by atomic mass is 16.6. The number of allylic oxidation sites excluding steroid dienone is 6. The minimum atomic E-state index is -0.750. The molecule has 4 nitrogen and oxygen atoms in total. The van der Waals surface area contributed by atoms with Crippen LogP contribution < -0.4 is 0 Å². The van der Waals surface area contributed by atoms with Gasteiger partial charge < -0.3 is 4.79 Å². The standard InChI is InChI=1S/C22H35NO3/c1-2-3-4-5-6-10-13-16-19-22(23(25)26)20-17-14-11-8-7-9-12-15-18-21-24/h6,8,10-11,16-17,19-22H,2-5,7,9,12-15,18H2,1H3/b10-6+,11-8+,19-16+,20-17+. The molecule has 0 rings (SSSR count). The molecule has 0 fully saturated rings. The Kier molecular flexibility index (Phi) is 17.9. The highest BCUT2D eigenvalue weighted by Crippen LogP contribution is 2.04. The normalized spacial score (nSPS) is 13.4. The second-order valence-electron chi connectivity index (χ2n) is 6.35. The van der Waals surface area contributed by atoms with Gasteiger partial charge in [-0.2, -0.15) is 0 Å². The topological polar surface area (TPSA) is 60.2 Å². The summed E-state index contributed by atoms with van der Waals surface area (Å²) in [4.78, 5) is 21.0. The lowest BCUT2D eigenvalue weighted by Crippen LogP contribution is -2.13. The SMILES string of the molecule is CCCCC/C=C/C/C=C/C(/C=C/C/C=C/CCCCCC=O)[N+](=O)[O-]. The lowest BCUT2D eigenvalue weighted by Gasteiger charge is -1.97. The van der Waals surface area contributed by atoms with Crippen LogP contribution in [0.3, 0.4) is 0 Å². The zero-order valence-corrected chi connectivity index (χ0v) is 16.2. The van der Waals surface area contributed by atoms with Crippen molar-refractivity contribution in [2.75, 3.05) is 0 Å². The molecule has 0 aliphatic rings. The summed E-state index contributed by atoms with van der Waals surface area (Å²) in [7, 11) is 0. The van der Waals surface area contributed by atoms with Gasteiger partial charge in [-0.1, -0.05) is 62.6 Å². The summed E-state index contributed by atoms with van der Waals surface area (Å²) < 4.78 is 0. The molecule has 0 saturated carbocycles.